The summed E-state index contributed by atoms with van der Waals surface area (Å²) in [5, 5.41) is 10.8. The molecule has 0 radical (unpaired) electrons. The summed E-state index contributed by atoms with van der Waals surface area (Å²) in [6.45, 7) is 4.83. The maximum Gasteiger partial charge on any atom is 0.271 e. The molecule has 0 aliphatic carbocycles. The van der Waals surface area contributed by atoms with Crippen LogP contribution in [0.25, 0.3) is 0 Å². The van der Waals surface area contributed by atoms with Crippen LogP contribution in [0, 0.1) is 13.8 Å². The van der Waals surface area contributed by atoms with Crippen LogP contribution >= 0.6 is 23.2 Å². The number of hydrogen-bond acceptors (Lipinski definition) is 6. The molecule has 10 heteroatoms. The van der Waals surface area contributed by atoms with Crippen molar-refractivity contribution in [3.63, 3.8) is 0 Å². The number of aryl methyl sites for hydroxylation is 4. The van der Waals surface area contributed by atoms with Crippen LogP contribution in [0.5, 0.6) is 0 Å². The van der Waals surface area contributed by atoms with E-state index in [0.717, 1.165) is 16.8 Å². The molecule has 0 fully saturated rings. The number of halogens is 2. The molecule has 2 aromatic heterocycles. The minimum atomic E-state index is -0.399. The number of oxazole rings is 1. The summed E-state index contributed by atoms with van der Waals surface area (Å²) in [6, 6.07) is 5.53. The van der Waals surface area contributed by atoms with Gasteiger partial charge >= 0.3 is 0 Å². The lowest BCUT2D eigenvalue weighted by Gasteiger charge is -2.12. The molecule has 0 unspecified atom stereocenters. The van der Waals surface area contributed by atoms with Crippen LogP contribution in [0.1, 0.15) is 34.0 Å². The van der Waals surface area contributed by atoms with Gasteiger partial charge in [-0.15, -0.1) is 0 Å². The molecular weight excluding hydrogens is 453 g/mol. The van der Waals surface area contributed by atoms with Gasteiger partial charge in [-0.1, -0.05) is 29.3 Å². The van der Waals surface area contributed by atoms with Crippen LogP contribution in [-0.2, 0) is 37.3 Å². The first kappa shape index (κ1) is 24.0. The molecular formula is C22H25Cl2N5O3. The van der Waals surface area contributed by atoms with Gasteiger partial charge < -0.3 is 15.1 Å². The summed E-state index contributed by atoms with van der Waals surface area (Å²) in [6.07, 6.45) is 1.71. The van der Waals surface area contributed by atoms with Crippen LogP contribution in [0.4, 0.5) is 0 Å². The topological polar surface area (TPSA) is 102 Å². The van der Waals surface area contributed by atoms with Gasteiger partial charge in [-0.3, -0.25) is 9.59 Å². The molecule has 0 bridgehead atoms. The van der Waals surface area contributed by atoms with Crippen molar-refractivity contribution in [2.24, 2.45) is 0 Å². The van der Waals surface area contributed by atoms with Gasteiger partial charge in [0, 0.05) is 37.0 Å². The molecule has 0 aliphatic rings. The molecule has 0 atom stereocenters. The molecule has 1 aromatic carbocycles. The van der Waals surface area contributed by atoms with Crippen molar-refractivity contribution in [1.29, 1.82) is 0 Å². The molecule has 0 spiro atoms. The van der Waals surface area contributed by atoms with E-state index in [0.29, 0.717) is 36.2 Å². The van der Waals surface area contributed by atoms with Crippen molar-refractivity contribution in [3.05, 3.63) is 78.8 Å². The van der Waals surface area contributed by atoms with E-state index in [1.165, 1.54) is 10.9 Å². The van der Waals surface area contributed by atoms with E-state index in [1.807, 2.05) is 26.1 Å². The molecule has 0 saturated carbocycles. The predicted molar refractivity (Wildman–Crippen MR) is 123 cm³/mol. The number of nitrogens with one attached hydrogen (secondary N) is 2. The van der Waals surface area contributed by atoms with Crippen molar-refractivity contribution in [2.45, 2.75) is 46.3 Å². The molecule has 32 heavy (non-hydrogen) atoms. The fourth-order valence-electron chi connectivity index (χ4n) is 3.38. The third-order valence-electron chi connectivity index (χ3n) is 5.00. The lowest BCUT2D eigenvalue weighted by Crippen LogP contribution is -2.32. The van der Waals surface area contributed by atoms with E-state index in [-0.39, 0.29) is 29.5 Å². The fraction of sp³-hybridized carbons (Fsp3) is 0.364. The van der Waals surface area contributed by atoms with Crippen molar-refractivity contribution in [1.82, 2.24) is 25.4 Å². The number of hydrogen-bond donors (Lipinski definition) is 2. The lowest BCUT2D eigenvalue weighted by molar-refractivity contribution is -0.120. The molecule has 2 heterocycles. The van der Waals surface area contributed by atoms with E-state index in [9.17, 15) is 9.59 Å². The van der Waals surface area contributed by atoms with Crippen molar-refractivity contribution >= 4 is 29.1 Å². The number of benzene rings is 1. The van der Waals surface area contributed by atoms with Gasteiger partial charge in [-0.05, 0) is 37.2 Å². The van der Waals surface area contributed by atoms with E-state index < -0.39 is 5.56 Å². The van der Waals surface area contributed by atoms with Crippen molar-refractivity contribution in [2.75, 3.05) is 7.05 Å². The van der Waals surface area contributed by atoms with Crippen molar-refractivity contribution < 1.29 is 9.21 Å². The lowest BCUT2D eigenvalue weighted by atomic mass is 10.1. The maximum absolute atomic E-state index is 12.9. The fourth-order valence-corrected chi connectivity index (χ4v) is 3.77. The van der Waals surface area contributed by atoms with Crippen LogP contribution in [0.2, 0.25) is 10.0 Å². The van der Waals surface area contributed by atoms with E-state index in [4.69, 9.17) is 27.6 Å². The van der Waals surface area contributed by atoms with E-state index in [1.54, 1.807) is 13.0 Å². The summed E-state index contributed by atoms with van der Waals surface area (Å²) in [7, 11) is 1.85. The molecule has 0 saturated heterocycles. The molecule has 3 rings (SSSR count). The Balaban J connectivity index is 1.68. The van der Waals surface area contributed by atoms with E-state index >= 15 is 0 Å². The first-order valence-corrected chi connectivity index (χ1v) is 10.9. The Bertz CT molecular complexity index is 1170. The zero-order valence-electron chi connectivity index (χ0n) is 18.2. The standard InChI is InChI=1S/C22H25Cl2N5O3/c1-13-20(28-14(2)32-13)6-7-29-22(31)18(19(24)12-27-29)9-21(30)26-11-16-8-17(23)5-4-15(16)10-25-3/h4-5,8,12,25H,6-7,9-11H2,1-3H3,(H,26,30). The Morgan fingerprint density at radius 3 is 2.66 bits per heavy atom. The smallest absolute Gasteiger partial charge is 0.271 e. The Kier molecular flexibility index (Phi) is 8.06. The van der Waals surface area contributed by atoms with Gasteiger partial charge in [-0.25, -0.2) is 9.67 Å². The summed E-state index contributed by atoms with van der Waals surface area (Å²) in [5.74, 6) is 0.965. The highest BCUT2D eigenvalue weighted by molar-refractivity contribution is 6.31. The average Bonchev–Trinajstić information content (AvgIpc) is 3.07. The van der Waals surface area contributed by atoms with Gasteiger partial charge in [-0.2, -0.15) is 5.10 Å². The Morgan fingerprint density at radius 1 is 1.19 bits per heavy atom. The Hall–Kier alpha value is -2.68. The monoisotopic (exact) mass is 477 g/mol. The summed E-state index contributed by atoms with van der Waals surface area (Å²) >= 11 is 12.3. The van der Waals surface area contributed by atoms with Gasteiger partial charge in [0.05, 0.1) is 29.9 Å². The third-order valence-corrected chi connectivity index (χ3v) is 5.56. The number of rotatable bonds is 9. The molecule has 2 N–H and O–H groups in total. The molecule has 0 aliphatic heterocycles. The largest absolute Gasteiger partial charge is 0.446 e. The summed E-state index contributed by atoms with van der Waals surface area (Å²) in [5.41, 5.74) is 2.50. The summed E-state index contributed by atoms with van der Waals surface area (Å²) in [4.78, 5) is 29.7. The minimum absolute atomic E-state index is 0.149. The normalized spacial score (nSPS) is 11.0. The zero-order valence-corrected chi connectivity index (χ0v) is 19.7. The predicted octanol–water partition coefficient (Wildman–Crippen LogP) is 2.98. The molecule has 1 amide bonds. The molecule has 3 aromatic rings. The SMILES string of the molecule is CNCc1ccc(Cl)cc1CNC(=O)Cc1c(Cl)cnn(CCc2nc(C)oc2C)c1=O. The second kappa shape index (κ2) is 10.8. The second-order valence-corrected chi connectivity index (χ2v) is 8.23. The van der Waals surface area contributed by atoms with Crippen LogP contribution in [-0.4, -0.2) is 27.7 Å². The summed E-state index contributed by atoms with van der Waals surface area (Å²) < 4.78 is 6.71. The maximum atomic E-state index is 12.9. The van der Waals surface area contributed by atoms with Crippen LogP contribution in [0.15, 0.2) is 33.6 Å². The van der Waals surface area contributed by atoms with Gasteiger partial charge in [0.15, 0.2) is 5.89 Å². The highest BCUT2D eigenvalue weighted by atomic mass is 35.5. The van der Waals surface area contributed by atoms with Crippen LogP contribution in [0.3, 0.4) is 0 Å². The average molecular weight is 478 g/mol. The number of carbonyl (C=O) groups is 1. The van der Waals surface area contributed by atoms with Crippen molar-refractivity contribution in [3.8, 4) is 0 Å². The zero-order chi connectivity index (χ0) is 23.3. The number of amides is 1. The minimum Gasteiger partial charge on any atom is -0.446 e. The second-order valence-electron chi connectivity index (χ2n) is 7.38. The highest BCUT2D eigenvalue weighted by Crippen LogP contribution is 2.17. The highest BCUT2D eigenvalue weighted by Gasteiger charge is 2.16. The van der Waals surface area contributed by atoms with Gasteiger partial charge in [0.25, 0.3) is 5.56 Å². The Labute approximate surface area is 195 Å². The van der Waals surface area contributed by atoms with Gasteiger partial charge in [0.2, 0.25) is 5.91 Å². The first-order chi connectivity index (χ1) is 15.3. The van der Waals surface area contributed by atoms with E-state index in [2.05, 4.69) is 20.7 Å². The number of nitrogens with zero attached hydrogens (tertiary/aromatic N) is 3. The molecule has 170 valence electrons. The van der Waals surface area contributed by atoms with Crippen LogP contribution < -0.4 is 16.2 Å². The quantitative estimate of drug-likeness (QED) is 0.491. The number of aromatic nitrogens is 3. The third kappa shape index (κ3) is 5.97. The molecule has 8 nitrogen and oxygen atoms in total. The first-order valence-electron chi connectivity index (χ1n) is 10.1. The number of carbonyl (C=O) groups excluding carboxylic acids is 1. The van der Waals surface area contributed by atoms with Gasteiger partial charge in [0.1, 0.15) is 5.76 Å². The Morgan fingerprint density at radius 2 is 1.97 bits per heavy atom.